The Balaban J connectivity index is 1.82. The fourth-order valence-electron chi connectivity index (χ4n) is 2.53. The zero-order chi connectivity index (χ0) is 20.7. The van der Waals surface area contributed by atoms with Crippen LogP contribution < -0.4 is 15.4 Å². The largest absolute Gasteiger partial charge is 0.482 e. The Morgan fingerprint density at radius 3 is 2.00 bits per heavy atom. The highest BCUT2D eigenvalue weighted by atomic mass is 16.6. The van der Waals surface area contributed by atoms with Gasteiger partial charge in [0.1, 0.15) is 5.75 Å². The zero-order valence-corrected chi connectivity index (χ0v) is 16.4. The first-order chi connectivity index (χ1) is 13.2. The van der Waals surface area contributed by atoms with Crippen LogP contribution in [0.4, 0.5) is 11.4 Å². The highest BCUT2D eigenvalue weighted by molar-refractivity contribution is 5.95. The van der Waals surface area contributed by atoms with Crippen LogP contribution in [0.1, 0.15) is 25.0 Å². The van der Waals surface area contributed by atoms with Gasteiger partial charge < -0.3 is 20.1 Å². The van der Waals surface area contributed by atoms with Crippen LogP contribution in [0.25, 0.3) is 0 Å². The lowest BCUT2D eigenvalue weighted by Crippen LogP contribution is -2.31. The van der Waals surface area contributed by atoms with Crippen LogP contribution in [0.3, 0.4) is 0 Å². The van der Waals surface area contributed by atoms with E-state index in [2.05, 4.69) is 10.6 Å². The van der Waals surface area contributed by atoms with Gasteiger partial charge in [-0.15, -0.1) is 0 Å². The maximum absolute atomic E-state index is 12.2. The van der Waals surface area contributed by atoms with Crippen molar-refractivity contribution < 1.29 is 23.9 Å². The van der Waals surface area contributed by atoms with Crippen LogP contribution in [0, 0.1) is 13.8 Å². The monoisotopic (exact) mass is 384 g/mol. The number of nitrogens with one attached hydrogen (secondary N) is 2. The van der Waals surface area contributed by atoms with Crippen LogP contribution in [0.15, 0.2) is 42.5 Å². The highest BCUT2D eigenvalue weighted by Crippen LogP contribution is 2.16. The Morgan fingerprint density at radius 1 is 0.929 bits per heavy atom. The molecule has 0 spiro atoms. The molecule has 2 rings (SSSR count). The lowest BCUT2D eigenvalue weighted by molar-refractivity contribution is -0.155. The average molecular weight is 384 g/mol. The van der Waals surface area contributed by atoms with Crippen LogP contribution >= 0.6 is 0 Å². The smallest absolute Gasteiger partial charge is 0.344 e. The molecule has 0 aromatic heterocycles. The summed E-state index contributed by atoms with van der Waals surface area (Å²) in [6.07, 6.45) is -0.981. The maximum atomic E-state index is 12.2. The van der Waals surface area contributed by atoms with Crippen LogP contribution in [-0.4, -0.2) is 30.5 Å². The molecule has 0 aliphatic rings. The normalized spacial score (nSPS) is 11.3. The minimum Gasteiger partial charge on any atom is -0.482 e. The molecule has 2 N–H and O–H groups in total. The van der Waals surface area contributed by atoms with Gasteiger partial charge in [0.2, 0.25) is 5.91 Å². The van der Waals surface area contributed by atoms with E-state index in [1.54, 1.807) is 24.3 Å². The summed E-state index contributed by atoms with van der Waals surface area (Å²) in [6, 6.07) is 12.2. The van der Waals surface area contributed by atoms with Gasteiger partial charge in [0, 0.05) is 18.3 Å². The second-order valence-electron chi connectivity index (χ2n) is 6.49. The summed E-state index contributed by atoms with van der Waals surface area (Å²) in [4.78, 5) is 35.1. The van der Waals surface area contributed by atoms with Gasteiger partial charge in [0.05, 0.1) is 0 Å². The van der Waals surface area contributed by atoms with E-state index >= 15 is 0 Å². The molecule has 0 unspecified atom stereocenters. The molecule has 2 amide bonds. The Morgan fingerprint density at radius 2 is 1.46 bits per heavy atom. The number of ether oxygens (including phenoxy) is 2. The number of carbonyl (C=O) groups is 3. The van der Waals surface area contributed by atoms with E-state index in [4.69, 9.17) is 9.47 Å². The summed E-state index contributed by atoms with van der Waals surface area (Å²) in [7, 11) is 0. The van der Waals surface area contributed by atoms with E-state index in [1.807, 2.05) is 32.0 Å². The van der Waals surface area contributed by atoms with Gasteiger partial charge in [-0.25, -0.2) is 4.79 Å². The molecule has 148 valence electrons. The van der Waals surface area contributed by atoms with E-state index in [-0.39, 0.29) is 12.5 Å². The molecule has 7 heteroatoms. The van der Waals surface area contributed by atoms with Gasteiger partial charge in [-0.2, -0.15) is 0 Å². The Labute approximate surface area is 164 Å². The number of esters is 1. The minimum atomic E-state index is -0.981. The van der Waals surface area contributed by atoms with Crippen molar-refractivity contribution in [2.75, 3.05) is 17.2 Å². The number of aryl methyl sites for hydroxylation is 2. The molecule has 0 radical (unpaired) electrons. The summed E-state index contributed by atoms with van der Waals surface area (Å²) in [5, 5.41) is 5.28. The number of rotatable bonds is 7. The molecule has 0 fully saturated rings. The molecule has 0 heterocycles. The molecule has 7 nitrogen and oxygen atoms in total. The van der Waals surface area contributed by atoms with E-state index in [0.717, 1.165) is 11.1 Å². The van der Waals surface area contributed by atoms with Crippen molar-refractivity contribution in [2.24, 2.45) is 0 Å². The van der Waals surface area contributed by atoms with Gasteiger partial charge in [-0.05, 0) is 68.3 Å². The summed E-state index contributed by atoms with van der Waals surface area (Å²) < 4.78 is 10.5. The van der Waals surface area contributed by atoms with Gasteiger partial charge in [-0.1, -0.05) is 6.07 Å². The second-order valence-corrected chi connectivity index (χ2v) is 6.49. The number of amides is 2. The third-order valence-corrected chi connectivity index (χ3v) is 3.70. The van der Waals surface area contributed by atoms with Crippen molar-refractivity contribution in [3.8, 4) is 5.75 Å². The summed E-state index contributed by atoms with van der Waals surface area (Å²) in [6.45, 7) is 6.48. The summed E-state index contributed by atoms with van der Waals surface area (Å²) in [5.74, 6) is -0.707. The number of hydrogen-bond acceptors (Lipinski definition) is 5. The fraction of sp³-hybridized carbons (Fsp3) is 0.286. The van der Waals surface area contributed by atoms with E-state index < -0.39 is 18.0 Å². The van der Waals surface area contributed by atoms with Crippen molar-refractivity contribution >= 4 is 29.2 Å². The fourth-order valence-corrected chi connectivity index (χ4v) is 2.53. The van der Waals surface area contributed by atoms with Crippen LogP contribution in [0.2, 0.25) is 0 Å². The topological polar surface area (TPSA) is 93.7 Å². The lowest BCUT2D eigenvalue weighted by Gasteiger charge is -2.14. The first kappa shape index (κ1) is 21.0. The van der Waals surface area contributed by atoms with Gasteiger partial charge in [0.25, 0.3) is 5.91 Å². The molecular formula is C21H24N2O5. The molecule has 0 bridgehead atoms. The van der Waals surface area contributed by atoms with E-state index in [1.165, 1.54) is 13.8 Å². The van der Waals surface area contributed by atoms with E-state index in [0.29, 0.717) is 17.1 Å². The number of carbonyl (C=O) groups excluding carboxylic acids is 3. The van der Waals surface area contributed by atoms with Crippen molar-refractivity contribution in [3.63, 3.8) is 0 Å². The average Bonchev–Trinajstić information content (AvgIpc) is 2.60. The standard InChI is InChI=1S/C21H24N2O5/c1-13-9-14(2)11-19(10-13)27-12-20(25)28-15(3)21(26)23-18-7-5-17(6-8-18)22-16(4)24/h5-11,15H,12H2,1-4H3,(H,22,24)(H,23,26)/t15-/m0/s1. The molecule has 28 heavy (non-hydrogen) atoms. The highest BCUT2D eigenvalue weighted by Gasteiger charge is 2.18. The van der Waals surface area contributed by atoms with Crippen LogP contribution in [-0.2, 0) is 19.1 Å². The summed E-state index contributed by atoms with van der Waals surface area (Å²) in [5.41, 5.74) is 3.20. The number of benzene rings is 2. The number of hydrogen-bond donors (Lipinski definition) is 2. The van der Waals surface area contributed by atoms with Gasteiger partial charge in [-0.3, -0.25) is 9.59 Å². The Hall–Kier alpha value is -3.35. The first-order valence-electron chi connectivity index (χ1n) is 8.82. The molecule has 0 aliphatic carbocycles. The summed E-state index contributed by atoms with van der Waals surface area (Å²) >= 11 is 0. The quantitative estimate of drug-likeness (QED) is 0.715. The SMILES string of the molecule is CC(=O)Nc1ccc(NC(=O)[C@H](C)OC(=O)COc2cc(C)cc(C)c2)cc1. The maximum Gasteiger partial charge on any atom is 0.344 e. The number of anilines is 2. The minimum absolute atomic E-state index is 0.180. The molecule has 0 saturated carbocycles. The third-order valence-electron chi connectivity index (χ3n) is 3.70. The molecular weight excluding hydrogens is 360 g/mol. The first-order valence-corrected chi connectivity index (χ1v) is 8.82. The van der Waals surface area contributed by atoms with E-state index in [9.17, 15) is 14.4 Å². The van der Waals surface area contributed by atoms with Gasteiger partial charge in [0.15, 0.2) is 12.7 Å². The molecule has 0 aliphatic heterocycles. The second kappa shape index (κ2) is 9.55. The Kier molecular flexibility index (Phi) is 7.14. The molecule has 2 aromatic rings. The van der Waals surface area contributed by atoms with Crippen molar-refractivity contribution in [1.29, 1.82) is 0 Å². The van der Waals surface area contributed by atoms with Crippen molar-refractivity contribution in [3.05, 3.63) is 53.6 Å². The third kappa shape index (κ3) is 6.75. The molecule has 2 aromatic carbocycles. The van der Waals surface area contributed by atoms with Gasteiger partial charge >= 0.3 is 5.97 Å². The molecule has 1 atom stereocenters. The zero-order valence-electron chi connectivity index (χ0n) is 16.4. The van der Waals surface area contributed by atoms with Crippen LogP contribution in [0.5, 0.6) is 5.75 Å². The Bertz CT molecular complexity index is 841. The predicted octanol–water partition coefficient (Wildman–Crippen LogP) is 3.21. The van der Waals surface area contributed by atoms with Crippen molar-refractivity contribution in [2.45, 2.75) is 33.8 Å². The van der Waals surface area contributed by atoms with Crippen molar-refractivity contribution in [1.82, 2.24) is 0 Å². The predicted molar refractivity (Wildman–Crippen MR) is 106 cm³/mol. The molecule has 0 saturated heterocycles. The lowest BCUT2D eigenvalue weighted by atomic mass is 10.1.